The van der Waals surface area contributed by atoms with Gasteiger partial charge in [0.1, 0.15) is 6.10 Å². The Morgan fingerprint density at radius 2 is 1.75 bits per heavy atom. The lowest BCUT2D eigenvalue weighted by Gasteiger charge is -2.16. The molecule has 1 aromatic carbocycles. The van der Waals surface area contributed by atoms with Gasteiger partial charge in [0.2, 0.25) is 0 Å². The topological polar surface area (TPSA) is 52.5 Å². The van der Waals surface area contributed by atoms with Crippen molar-refractivity contribution in [3.63, 3.8) is 0 Å². The Hall–Kier alpha value is -1.25. The number of nitrogens with one attached hydrogen (secondary N) is 1. The van der Waals surface area contributed by atoms with Crippen molar-refractivity contribution in [2.24, 2.45) is 0 Å². The predicted octanol–water partition coefficient (Wildman–Crippen LogP) is 1.95. The standard InChI is InChI=1S/C12H14F5NO2/c13-11(14)10(20)6-18-5-9(19)7-2-1-3-8(4-7)12(15,16)17/h1-4,9-11,18-20H,5-6H2. The predicted molar refractivity (Wildman–Crippen MR) is 61.3 cm³/mol. The molecule has 3 N–H and O–H groups in total. The van der Waals surface area contributed by atoms with E-state index in [9.17, 15) is 27.1 Å². The number of aliphatic hydroxyl groups is 2. The summed E-state index contributed by atoms with van der Waals surface area (Å²) in [5.74, 6) is 0. The van der Waals surface area contributed by atoms with Gasteiger partial charge in [-0.3, -0.25) is 0 Å². The zero-order valence-corrected chi connectivity index (χ0v) is 10.2. The van der Waals surface area contributed by atoms with Crippen molar-refractivity contribution in [1.82, 2.24) is 5.32 Å². The summed E-state index contributed by atoms with van der Waals surface area (Å²) in [6.45, 7) is -0.710. The van der Waals surface area contributed by atoms with E-state index >= 15 is 0 Å². The van der Waals surface area contributed by atoms with Gasteiger partial charge in [0.25, 0.3) is 6.43 Å². The molecule has 0 spiro atoms. The van der Waals surface area contributed by atoms with E-state index in [1.165, 1.54) is 6.07 Å². The average Bonchev–Trinajstić information content (AvgIpc) is 2.37. The van der Waals surface area contributed by atoms with Crippen LogP contribution in [0.25, 0.3) is 0 Å². The van der Waals surface area contributed by atoms with Crippen LogP contribution >= 0.6 is 0 Å². The first-order valence-electron chi connectivity index (χ1n) is 5.74. The highest BCUT2D eigenvalue weighted by Crippen LogP contribution is 2.30. The van der Waals surface area contributed by atoms with Crippen LogP contribution in [0.2, 0.25) is 0 Å². The first-order valence-corrected chi connectivity index (χ1v) is 5.74. The van der Waals surface area contributed by atoms with Crippen LogP contribution in [0.3, 0.4) is 0 Å². The molecule has 0 aliphatic rings. The van der Waals surface area contributed by atoms with Crippen molar-refractivity contribution in [1.29, 1.82) is 0 Å². The van der Waals surface area contributed by atoms with Gasteiger partial charge < -0.3 is 15.5 Å². The second-order valence-corrected chi connectivity index (χ2v) is 4.20. The quantitative estimate of drug-likeness (QED) is 0.704. The van der Waals surface area contributed by atoms with Gasteiger partial charge in [0, 0.05) is 13.1 Å². The van der Waals surface area contributed by atoms with E-state index in [1.807, 2.05) is 0 Å². The molecule has 0 aromatic heterocycles. The van der Waals surface area contributed by atoms with E-state index in [4.69, 9.17) is 5.11 Å². The number of aliphatic hydroxyl groups excluding tert-OH is 2. The normalized spacial score (nSPS) is 15.4. The molecule has 0 amide bonds. The number of halogens is 5. The summed E-state index contributed by atoms with van der Waals surface area (Å²) in [6, 6.07) is 4.10. The van der Waals surface area contributed by atoms with Crippen LogP contribution < -0.4 is 5.32 Å². The van der Waals surface area contributed by atoms with Crippen molar-refractivity contribution in [3.05, 3.63) is 35.4 Å². The summed E-state index contributed by atoms with van der Waals surface area (Å²) in [4.78, 5) is 0. The first kappa shape index (κ1) is 16.8. The summed E-state index contributed by atoms with van der Waals surface area (Å²) < 4.78 is 61.4. The minimum Gasteiger partial charge on any atom is -0.387 e. The van der Waals surface area contributed by atoms with E-state index in [-0.39, 0.29) is 12.1 Å². The van der Waals surface area contributed by atoms with Crippen LogP contribution in [0.1, 0.15) is 17.2 Å². The number of hydrogen-bond donors (Lipinski definition) is 3. The fraction of sp³-hybridized carbons (Fsp3) is 0.500. The van der Waals surface area contributed by atoms with Gasteiger partial charge in [-0.15, -0.1) is 0 Å². The molecule has 0 bridgehead atoms. The molecule has 0 aliphatic carbocycles. The molecular weight excluding hydrogens is 285 g/mol. The zero-order valence-electron chi connectivity index (χ0n) is 10.2. The van der Waals surface area contributed by atoms with Crippen LogP contribution in [0, 0.1) is 0 Å². The third-order valence-corrected chi connectivity index (χ3v) is 2.58. The van der Waals surface area contributed by atoms with Crippen molar-refractivity contribution in [3.8, 4) is 0 Å². The number of alkyl halides is 5. The maximum atomic E-state index is 12.5. The van der Waals surface area contributed by atoms with E-state index in [1.54, 1.807) is 0 Å². The Morgan fingerprint density at radius 1 is 1.10 bits per heavy atom. The van der Waals surface area contributed by atoms with Crippen molar-refractivity contribution in [2.75, 3.05) is 13.1 Å². The number of rotatable bonds is 6. The van der Waals surface area contributed by atoms with Gasteiger partial charge in [0.05, 0.1) is 11.7 Å². The van der Waals surface area contributed by atoms with Crippen LogP contribution in [0.5, 0.6) is 0 Å². The Kier molecular flexibility index (Phi) is 5.85. The second kappa shape index (κ2) is 6.96. The molecule has 0 aliphatic heterocycles. The van der Waals surface area contributed by atoms with Crippen molar-refractivity contribution in [2.45, 2.75) is 24.8 Å². The van der Waals surface area contributed by atoms with Crippen LogP contribution in [0.15, 0.2) is 24.3 Å². The average molecular weight is 299 g/mol. The van der Waals surface area contributed by atoms with E-state index in [2.05, 4.69) is 5.32 Å². The fourth-order valence-electron chi connectivity index (χ4n) is 1.50. The third kappa shape index (κ3) is 5.03. The molecule has 0 saturated heterocycles. The molecule has 1 rings (SSSR count). The fourth-order valence-corrected chi connectivity index (χ4v) is 1.50. The Bertz CT molecular complexity index is 425. The maximum absolute atomic E-state index is 12.5. The lowest BCUT2D eigenvalue weighted by Crippen LogP contribution is -2.34. The highest BCUT2D eigenvalue weighted by Gasteiger charge is 2.30. The van der Waals surface area contributed by atoms with E-state index in [0.29, 0.717) is 0 Å². The largest absolute Gasteiger partial charge is 0.416 e. The summed E-state index contributed by atoms with van der Waals surface area (Å²) in [7, 11) is 0. The Labute approximate surface area is 112 Å². The molecule has 8 heteroatoms. The second-order valence-electron chi connectivity index (χ2n) is 4.20. The summed E-state index contributed by atoms with van der Waals surface area (Å²) in [6.07, 6.45) is -10.6. The highest BCUT2D eigenvalue weighted by atomic mass is 19.4. The SMILES string of the molecule is OC(CNCC(O)C(F)F)c1cccc(C(F)(F)F)c1. The molecule has 114 valence electrons. The van der Waals surface area contributed by atoms with Gasteiger partial charge in [-0.25, -0.2) is 8.78 Å². The van der Waals surface area contributed by atoms with E-state index < -0.39 is 36.9 Å². The van der Waals surface area contributed by atoms with Crippen LogP contribution in [0.4, 0.5) is 22.0 Å². The molecule has 0 saturated carbocycles. The van der Waals surface area contributed by atoms with Gasteiger partial charge in [-0.1, -0.05) is 12.1 Å². The molecule has 20 heavy (non-hydrogen) atoms. The summed E-state index contributed by atoms with van der Waals surface area (Å²) >= 11 is 0. The lowest BCUT2D eigenvalue weighted by atomic mass is 10.1. The molecular formula is C12H14F5NO2. The molecule has 0 radical (unpaired) electrons. The Balaban J connectivity index is 2.58. The molecule has 0 heterocycles. The molecule has 1 aromatic rings. The minimum absolute atomic E-state index is 0.0128. The minimum atomic E-state index is -4.52. The van der Waals surface area contributed by atoms with Gasteiger partial charge in [0.15, 0.2) is 0 Å². The zero-order chi connectivity index (χ0) is 15.3. The molecule has 0 fully saturated rings. The molecule has 2 unspecified atom stereocenters. The van der Waals surface area contributed by atoms with Crippen LogP contribution in [-0.2, 0) is 6.18 Å². The van der Waals surface area contributed by atoms with Crippen molar-refractivity contribution < 1.29 is 32.2 Å². The Morgan fingerprint density at radius 3 is 2.30 bits per heavy atom. The lowest BCUT2D eigenvalue weighted by molar-refractivity contribution is -0.137. The number of hydrogen-bond acceptors (Lipinski definition) is 3. The van der Waals surface area contributed by atoms with Crippen LogP contribution in [-0.4, -0.2) is 35.8 Å². The summed E-state index contributed by atoms with van der Waals surface area (Å²) in [5.41, 5.74) is -0.888. The van der Waals surface area contributed by atoms with E-state index in [0.717, 1.165) is 18.2 Å². The van der Waals surface area contributed by atoms with Crippen molar-refractivity contribution >= 4 is 0 Å². The monoisotopic (exact) mass is 299 g/mol. The van der Waals surface area contributed by atoms with Gasteiger partial charge >= 0.3 is 6.18 Å². The van der Waals surface area contributed by atoms with Gasteiger partial charge in [-0.05, 0) is 17.7 Å². The maximum Gasteiger partial charge on any atom is 0.416 e. The van der Waals surface area contributed by atoms with Gasteiger partial charge in [-0.2, -0.15) is 13.2 Å². The smallest absolute Gasteiger partial charge is 0.387 e. The first-order chi connectivity index (χ1) is 9.21. The molecule has 3 nitrogen and oxygen atoms in total. The highest BCUT2D eigenvalue weighted by molar-refractivity contribution is 5.27. The molecule has 2 atom stereocenters. The summed E-state index contributed by atoms with van der Waals surface area (Å²) in [5, 5.41) is 20.8. The number of benzene rings is 1. The third-order valence-electron chi connectivity index (χ3n) is 2.58.